The maximum Gasteiger partial charge on any atom is 0.422 e. The van der Waals surface area contributed by atoms with Crippen LogP contribution in [-0.2, 0) is 6.18 Å². The highest BCUT2D eigenvalue weighted by Gasteiger charge is 2.38. The molecule has 0 radical (unpaired) electrons. The van der Waals surface area contributed by atoms with Crippen molar-refractivity contribution < 1.29 is 17.9 Å². The molecule has 0 fully saturated rings. The zero-order valence-corrected chi connectivity index (χ0v) is 9.53. The summed E-state index contributed by atoms with van der Waals surface area (Å²) in [5, 5.41) is 0. The zero-order valence-electron chi connectivity index (χ0n) is 9.53. The molecule has 0 bridgehead atoms. The third kappa shape index (κ3) is 2.30. The van der Waals surface area contributed by atoms with Crippen molar-refractivity contribution in [2.75, 3.05) is 7.11 Å². The van der Waals surface area contributed by atoms with E-state index in [2.05, 4.69) is 4.98 Å². The Morgan fingerprint density at radius 3 is 2.28 bits per heavy atom. The van der Waals surface area contributed by atoms with Gasteiger partial charge in [-0.1, -0.05) is 30.3 Å². The average Bonchev–Trinajstić information content (AvgIpc) is 2.38. The molecular weight excluding hydrogens is 243 g/mol. The zero-order chi connectivity index (χ0) is 13.2. The third-order valence-electron chi connectivity index (χ3n) is 2.48. The number of halogens is 3. The number of hydrogen-bond donors (Lipinski definition) is 0. The molecule has 0 saturated heterocycles. The Hall–Kier alpha value is -2.04. The summed E-state index contributed by atoms with van der Waals surface area (Å²) in [5.74, 6) is -0.413. The molecule has 1 heterocycles. The van der Waals surface area contributed by atoms with Crippen LogP contribution in [0.4, 0.5) is 13.2 Å². The van der Waals surface area contributed by atoms with Crippen LogP contribution in [0.3, 0.4) is 0 Å². The van der Waals surface area contributed by atoms with Crippen molar-refractivity contribution in [1.82, 2.24) is 4.98 Å². The van der Waals surface area contributed by atoms with Crippen molar-refractivity contribution in [3.63, 3.8) is 0 Å². The lowest BCUT2D eigenvalue weighted by Crippen LogP contribution is -2.10. The highest BCUT2D eigenvalue weighted by Crippen LogP contribution is 2.41. The molecule has 1 aromatic carbocycles. The van der Waals surface area contributed by atoms with Gasteiger partial charge < -0.3 is 4.74 Å². The molecule has 0 amide bonds. The van der Waals surface area contributed by atoms with Crippen molar-refractivity contribution in [2.24, 2.45) is 0 Å². The molecule has 18 heavy (non-hydrogen) atoms. The highest BCUT2D eigenvalue weighted by molar-refractivity contribution is 5.69. The molecule has 0 saturated carbocycles. The summed E-state index contributed by atoms with van der Waals surface area (Å²) in [4.78, 5) is 3.61. The number of hydrogen-bond acceptors (Lipinski definition) is 2. The van der Waals surface area contributed by atoms with E-state index in [9.17, 15) is 13.2 Å². The van der Waals surface area contributed by atoms with Crippen LogP contribution in [0, 0.1) is 0 Å². The molecule has 5 heteroatoms. The van der Waals surface area contributed by atoms with Gasteiger partial charge in [-0.25, -0.2) is 4.98 Å². The lowest BCUT2D eigenvalue weighted by atomic mass is 10.0. The number of alkyl halides is 3. The SMILES string of the molecule is COc1nccc(-c2ccccc2)c1C(F)(F)F. The molecule has 2 rings (SSSR count). The number of benzene rings is 1. The van der Waals surface area contributed by atoms with E-state index < -0.39 is 17.6 Å². The van der Waals surface area contributed by atoms with Gasteiger partial charge in [-0.2, -0.15) is 13.2 Å². The smallest absolute Gasteiger partial charge is 0.422 e. The van der Waals surface area contributed by atoms with Gasteiger partial charge in [0.25, 0.3) is 0 Å². The summed E-state index contributed by atoms with van der Waals surface area (Å²) in [6, 6.07) is 9.68. The number of aromatic nitrogens is 1. The van der Waals surface area contributed by atoms with Crippen LogP contribution in [0.15, 0.2) is 42.6 Å². The Morgan fingerprint density at radius 2 is 1.72 bits per heavy atom. The van der Waals surface area contributed by atoms with E-state index in [1.54, 1.807) is 30.3 Å². The first-order chi connectivity index (χ1) is 8.54. The summed E-state index contributed by atoms with van der Waals surface area (Å²) >= 11 is 0. The Labute approximate surface area is 102 Å². The predicted octanol–water partition coefficient (Wildman–Crippen LogP) is 3.78. The summed E-state index contributed by atoms with van der Waals surface area (Å²) in [6.07, 6.45) is -3.21. The lowest BCUT2D eigenvalue weighted by molar-refractivity contribution is -0.138. The first kappa shape index (κ1) is 12.4. The molecular formula is C13H10F3NO. The van der Waals surface area contributed by atoms with Gasteiger partial charge in [-0.15, -0.1) is 0 Å². The van der Waals surface area contributed by atoms with Crippen molar-refractivity contribution in [1.29, 1.82) is 0 Å². The Balaban J connectivity index is 2.68. The Morgan fingerprint density at radius 1 is 1.06 bits per heavy atom. The Bertz CT molecular complexity index is 538. The van der Waals surface area contributed by atoms with Crippen LogP contribution in [0.1, 0.15) is 5.56 Å². The van der Waals surface area contributed by atoms with Crippen LogP contribution in [0.2, 0.25) is 0 Å². The average molecular weight is 253 g/mol. The van der Waals surface area contributed by atoms with E-state index in [1.165, 1.54) is 19.4 Å². The van der Waals surface area contributed by atoms with Gasteiger partial charge in [0, 0.05) is 11.8 Å². The van der Waals surface area contributed by atoms with E-state index >= 15 is 0 Å². The molecule has 0 spiro atoms. The van der Waals surface area contributed by atoms with Gasteiger partial charge in [0.1, 0.15) is 5.56 Å². The van der Waals surface area contributed by atoms with Gasteiger partial charge in [0.05, 0.1) is 7.11 Å². The second-order valence-electron chi connectivity index (χ2n) is 3.61. The van der Waals surface area contributed by atoms with E-state index in [0.717, 1.165) is 0 Å². The van der Waals surface area contributed by atoms with Crippen molar-refractivity contribution in [3.05, 3.63) is 48.2 Å². The third-order valence-corrected chi connectivity index (χ3v) is 2.48. The number of ether oxygens (including phenoxy) is 1. The van der Waals surface area contributed by atoms with E-state index in [4.69, 9.17) is 4.74 Å². The van der Waals surface area contributed by atoms with E-state index in [-0.39, 0.29) is 5.56 Å². The van der Waals surface area contributed by atoms with Gasteiger partial charge >= 0.3 is 6.18 Å². The number of rotatable bonds is 2. The van der Waals surface area contributed by atoms with Crippen LogP contribution in [-0.4, -0.2) is 12.1 Å². The molecule has 2 nitrogen and oxygen atoms in total. The summed E-state index contributed by atoms with van der Waals surface area (Å²) < 4.78 is 43.9. The molecule has 0 aliphatic rings. The predicted molar refractivity (Wildman–Crippen MR) is 61.2 cm³/mol. The topological polar surface area (TPSA) is 22.1 Å². The van der Waals surface area contributed by atoms with E-state index in [0.29, 0.717) is 5.56 Å². The second kappa shape index (κ2) is 4.68. The quantitative estimate of drug-likeness (QED) is 0.812. The molecule has 0 unspecified atom stereocenters. The minimum Gasteiger partial charge on any atom is -0.481 e. The lowest BCUT2D eigenvalue weighted by Gasteiger charge is -2.15. The molecule has 0 atom stereocenters. The Kier molecular flexibility index (Phi) is 3.23. The van der Waals surface area contributed by atoms with Gasteiger partial charge in [-0.05, 0) is 11.6 Å². The van der Waals surface area contributed by atoms with Crippen molar-refractivity contribution in [2.45, 2.75) is 6.18 Å². The standard InChI is InChI=1S/C13H10F3NO/c1-18-12-11(13(14,15)16)10(7-8-17-12)9-5-3-2-4-6-9/h2-8H,1H3. The maximum absolute atomic E-state index is 13.1. The fraction of sp³-hybridized carbons (Fsp3) is 0.154. The molecule has 1 aromatic heterocycles. The molecule has 94 valence electrons. The highest BCUT2D eigenvalue weighted by atomic mass is 19.4. The summed E-state index contributed by atoms with van der Waals surface area (Å²) in [7, 11) is 1.17. The monoisotopic (exact) mass is 253 g/mol. The molecule has 0 aliphatic heterocycles. The first-order valence-electron chi connectivity index (χ1n) is 5.19. The number of methoxy groups -OCH3 is 1. The fourth-order valence-corrected chi connectivity index (χ4v) is 1.73. The van der Waals surface area contributed by atoms with Crippen molar-refractivity contribution >= 4 is 0 Å². The molecule has 2 aromatic rings. The molecule has 0 aliphatic carbocycles. The fourth-order valence-electron chi connectivity index (χ4n) is 1.73. The number of pyridine rings is 1. The van der Waals surface area contributed by atoms with Crippen LogP contribution in [0.25, 0.3) is 11.1 Å². The van der Waals surface area contributed by atoms with Gasteiger partial charge in [-0.3, -0.25) is 0 Å². The summed E-state index contributed by atoms with van der Waals surface area (Å²) in [5.41, 5.74) is -0.306. The maximum atomic E-state index is 13.1. The van der Waals surface area contributed by atoms with Gasteiger partial charge in [0.2, 0.25) is 5.88 Å². The van der Waals surface area contributed by atoms with E-state index in [1.807, 2.05) is 0 Å². The van der Waals surface area contributed by atoms with Crippen LogP contribution in [0.5, 0.6) is 5.88 Å². The second-order valence-corrected chi connectivity index (χ2v) is 3.61. The largest absolute Gasteiger partial charge is 0.481 e. The van der Waals surface area contributed by atoms with Crippen LogP contribution < -0.4 is 4.74 Å². The number of nitrogens with zero attached hydrogens (tertiary/aromatic N) is 1. The first-order valence-corrected chi connectivity index (χ1v) is 5.19. The summed E-state index contributed by atoms with van der Waals surface area (Å²) in [6.45, 7) is 0. The molecule has 0 N–H and O–H groups in total. The van der Waals surface area contributed by atoms with Crippen LogP contribution >= 0.6 is 0 Å². The normalized spacial score (nSPS) is 11.3. The van der Waals surface area contributed by atoms with Gasteiger partial charge in [0.15, 0.2) is 0 Å². The minimum atomic E-state index is -4.51. The minimum absolute atomic E-state index is 0.0648. The van der Waals surface area contributed by atoms with Crippen molar-refractivity contribution in [3.8, 4) is 17.0 Å².